The van der Waals surface area contributed by atoms with Gasteiger partial charge in [-0.05, 0) is 44.9 Å². The van der Waals surface area contributed by atoms with E-state index in [1.807, 2.05) is 26.1 Å². The molecule has 2 aliphatic rings. The highest BCUT2D eigenvalue weighted by Gasteiger charge is 2.40. The second-order valence-corrected chi connectivity index (χ2v) is 8.92. The molecule has 1 N–H and O–H groups in total. The molecule has 1 aromatic heterocycles. The minimum atomic E-state index is -2.92. The number of nitrogens with zero attached hydrogens (tertiary/aromatic N) is 2. The van der Waals surface area contributed by atoms with E-state index in [4.69, 9.17) is 0 Å². The highest BCUT2D eigenvalue weighted by molar-refractivity contribution is 7.91. The fraction of sp³-hybridized carbons (Fsp3) is 0.688. The molecule has 0 spiro atoms. The van der Waals surface area contributed by atoms with Crippen LogP contribution < -0.4 is 5.32 Å². The van der Waals surface area contributed by atoms with E-state index < -0.39 is 9.84 Å². The van der Waals surface area contributed by atoms with Crippen molar-refractivity contribution in [1.82, 2.24) is 14.8 Å². The van der Waals surface area contributed by atoms with E-state index in [1.165, 1.54) is 0 Å². The third-order valence-electron chi connectivity index (χ3n) is 5.19. The Hall–Kier alpha value is -1.34. The molecule has 1 amide bonds. The highest BCUT2D eigenvalue weighted by atomic mass is 32.2. The number of aromatic nitrogens is 1. The molecule has 3 rings (SSSR count). The molecule has 2 saturated heterocycles. The first-order valence-electron chi connectivity index (χ1n) is 8.22. The summed E-state index contributed by atoms with van der Waals surface area (Å²) in [5.74, 6) is 0.476. The summed E-state index contributed by atoms with van der Waals surface area (Å²) in [5.41, 5.74) is 2.23. The molecule has 0 bridgehead atoms. The van der Waals surface area contributed by atoms with E-state index >= 15 is 0 Å². The van der Waals surface area contributed by atoms with Gasteiger partial charge in [-0.15, -0.1) is 0 Å². The van der Waals surface area contributed by atoms with Gasteiger partial charge in [0.25, 0.3) is 0 Å². The lowest BCUT2D eigenvalue weighted by atomic mass is 10.1. The molecule has 23 heavy (non-hydrogen) atoms. The molecule has 0 aliphatic carbocycles. The molecular weight excluding hydrogens is 314 g/mol. The summed E-state index contributed by atoms with van der Waals surface area (Å²) in [6.45, 7) is 3.36. The molecule has 7 heteroatoms. The summed E-state index contributed by atoms with van der Waals surface area (Å²) in [6.07, 6.45) is 2.43. The van der Waals surface area contributed by atoms with E-state index in [9.17, 15) is 13.2 Å². The molecule has 3 heterocycles. The van der Waals surface area contributed by atoms with Crippen LogP contribution >= 0.6 is 0 Å². The smallest absolute Gasteiger partial charge is 0.237 e. The first-order chi connectivity index (χ1) is 10.9. The second-order valence-electron chi connectivity index (χ2n) is 6.70. The van der Waals surface area contributed by atoms with Crippen LogP contribution in [0.1, 0.15) is 30.7 Å². The van der Waals surface area contributed by atoms with Gasteiger partial charge in [0.15, 0.2) is 9.84 Å². The van der Waals surface area contributed by atoms with Crippen LogP contribution in [0.3, 0.4) is 0 Å². The number of hydrogen-bond donors (Lipinski definition) is 1. The zero-order valence-corrected chi connectivity index (χ0v) is 14.6. The van der Waals surface area contributed by atoms with Crippen molar-refractivity contribution in [1.29, 1.82) is 0 Å². The number of rotatable bonds is 4. The number of likely N-dealkylation sites (tertiary alicyclic amines) is 1. The van der Waals surface area contributed by atoms with Gasteiger partial charge in [0.1, 0.15) is 0 Å². The highest BCUT2D eigenvalue weighted by Crippen LogP contribution is 2.26. The average Bonchev–Trinajstić information content (AvgIpc) is 3.18. The van der Waals surface area contributed by atoms with Crippen molar-refractivity contribution < 1.29 is 13.2 Å². The Morgan fingerprint density at radius 1 is 1.35 bits per heavy atom. The predicted octanol–water partition coefficient (Wildman–Crippen LogP) is 0.601. The van der Waals surface area contributed by atoms with Crippen LogP contribution in [-0.4, -0.2) is 53.9 Å². The van der Waals surface area contributed by atoms with Crippen molar-refractivity contribution >= 4 is 15.7 Å². The van der Waals surface area contributed by atoms with Crippen LogP contribution in [0.15, 0.2) is 12.1 Å². The largest absolute Gasteiger partial charge is 0.350 e. The van der Waals surface area contributed by atoms with Gasteiger partial charge in [0.05, 0.1) is 24.1 Å². The number of carbonyl (C=O) groups is 1. The van der Waals surface area contributed by atoms with Crippen molar-refractivity contribution in [2.24, 2.45) is 7.05 Å². The minimum Gasteiger partial charge on any atom is -0.350 e. The summed E-state index contributed by atoms with van der Waals surface area (Å²) in [4.78, 5) is 14.7. The molecule has 2 atom stereocenters. The Bertz CT molecular complexity index is 695. The van der Waals surface area contributed by atoms with Gasteiger partial charge in [0.2, 0.25) is 5.91 Å². The molecule has 2 aliphatic heterocycles. The normalized spacial score (nSPS) is 27.4. The molecule has 128 valence electrons. The number of aryl methyl sites for hydroxylation is 1. The van der Waals surface area contributed by atoms with Gasteiger partial charge >= 0.3 is 0 Å². The lowest BCUT2D eigenvalue weighted by Crippen LogP contribution is -2.48. The van der Waals surface area contributed by atoms with E-state index in [0.29, 0.717) is 13.0 Å². The first kappa shape index (κ1) is 16.5. The Morgan fingerprint density at radius 2 is 2.13 bits per heavy atom. The van der Waals surface area contributed by atoms with Crippen LogP contribution in [0, 0.1) is 6.92 Å². The van der Waals surface area contributed by atoms with Crippen LogP contribution in [0.2, 0.25) is 0 Å². The fourth-order valence-corrected chi connectivity index (χ4v) is 5.43. The van der Waals surface area contributed by atoms with Crippen LogP contribution in [0.5, 0.6) is 0 Å². The van der Waals surface area contributed by atoms with Crippen molar-refractivity contribution in [3.63, 3.8) is 0 Å². The number of hydrogen-bond acceptors (Lipinski definition) is 4. The molecule has 0 aromatic carbocycles. The van der Waals surface area contributed by atoms with Gasteiger partial charge < -0.3 is 9.88 Å². The zero-order valence-electron chi connectivity index (χ0n) is 13.8. The predicted molar refractivity (Wildman–Crippen MR) is 88.8 cm³/mol. The van der Waals surface area contributed by atoms with E-state index in [-0.39, 0.29) is 29.5 Å². The zero-order chi connectivity index (χ0) is 16.6. The van der Waals surface area contributed by atoms with E-state index in [1.54, 1.807) is 0 Å². The van der Waals surface area contributed by atoms with Gasteiger partial charge in [-0.25, -0.2) is 8.42 Å². The van der Waals surface area contributed by atoms with Crippen LogP contribution in [-0.2, 0) is 28.2 Å². The van der Waals surface area contributed by atoms with E-state index in [2.05, 4.69) is 14.8 Å². The molecular formula is C16H25N3O3S. The van der Waals surface area contributed by atoms with Crippen LogP contribution in [0.25, 0.3) is 0 Å². The first-order valence-corrected chi connectivity index (χ1v) is 10.0. The Labute approximate surface area is 137 Å². The maximum Gasteiger partial charge on any atom is 0.237 e. The van der Waals surface area contributed by atoms with Crippen molar-refractivity contribution in [2.45, 2.75) is 44.8 Å². The van der Waals surface area contributed by atoms with E-state index in [0.717, 1.165) is 30.8 Å². The Morgan fingerprint density at radius 3 is 2.74 bits per heavy atom. The molecule has 0 saturated carbocycles. The fourth-order valence-electron chi connectivity index (χ4n) is 3.68. The van der Waals surface area contributed by atoms with Crippen molar-refractivity contribution in [2.75, 3.05) is 18.1 Å². The molecule has 2 fully saturated rings. The summed E-state index contributed by atoms with van der Waals surface area (Å²) >= 11 is 0. The lowest BCUT2D eigenvalue weighted by molar-refractivity contribution is -0.126. The van der Waals surface area contributed by atoms with Crippen LogP contribution in [0.4, 0.5) is 0 Å². The lowest BCUT2D eigenvalue weighted by Gasteiger charge is -2.28. The average molecular weight is 339 g/mol. The molecule has 1 aromatic rings. The Kier molecular flexibility index (Phi) is 4.51. The Balaban J connectivity index is 1.61. The van der Waals surface area contributed by atoms with Crippen molar-refractivity contribution in [3.8, 4) is 0 Å². The number of carbonyl (C=O) groups excluding carboxylic acids is 1. The van der Waals surface area contributed by atoms with Gasteiger partial charge in [-0.3, -0.25) is 9.69 Å². The maximum atomic E-state index is 12.6. The minimum absolute atomic E-state index is 0.00975. The van der Waals surface area contributed by atoms with Gasteiger partial charge in [-0.2, -0.15) is 0 Å². The second kappa shape index (κ2) is 6.28. The van der Waals surface area contributed by atoms with Gasteiger partial charge in [-0.1, -0.05) is 0 Å². The summed E-state index contributed by atoms with van der Waals surface area (Å²) in [5, 5.41) is 3.02. The summed E-state index contributed by atoms with van der Waals surface area (Å²) < 4.78 is 25.5. The number of nitrogens with one attached hydrogen (secondary N) is 1. The van der Waals surface area contributed by atoms with Crippen molar-refractivity contribution in [3.05, 3.63) is 23.5 Å². The topological polar surface area (TPSA) is 71.4 Å². The summed E-state index contributed by atoms with van der Waals surface area (Å²) in [7, 11) is -0.929. The third kappa shape index (κ3) is 3.45. The molecule has 2 unspecified atom stereocenters. The number of sulfone groups is 1. The number of amides is 1. The standard InChI is InChI=1S/C16H25N3O3S/c1-12-5-6-13(18(12)2)10-17-16(20)15-4-3-8-19(15)14-7-9-23(21,22)11-14/h5-6,14-15H,3-4,7-11H2,1-2H3,(H,17,20). The van der Waals surface area contributed by atoms with Gasteiger partial charge in [0, 0.05) is 24.5 Å². The maximum absolute atomic E-state index is 12.6. The summed E-state index contributed by atoms with van der Waals surface area (Å²) in [6, 6.07) is 3.88. The molecule has 0 radical (unpaired) electrons. The third-order valence-corrected chi connectivity index (χ3v) is 6.95. The molecule has 6 nitrogen and oxygen atoms in total. The SMILES string of the molecule is Cc1ccc(CNC(=O)C2CCCN2C2CCS(=O)(=O)C2)n1C. The monoisotopic (exact) mass is 339 g/mol. The quantitative estimate of drug-likeness (QED) is 0.872.